The third kappa shape index (κ3) is 34.0. The van der Waals surface area contributed by atoms with Crippen molar-refractivity contribution in [3.8, 4) is 34.5 Å². The van der Waals surface area contributed by atoms with E-state index in [1.54, 1.807) is 0 Å². The highest BCUT2D eigenvalue weighted by atomic mass is 16.5. The fourth-order valence-electron chi connectivity index (χ4n) is 24.2. The number of amides is 6. The summed E-state index contributed by atoms with van der Waals surface area (Å²) in [5.74, 6) is 2.07. The highest BCUT2D eigenvalue weighted by Gasteiger charge is 2.41. The number of carbonyl (C=O) groups excluding carboxylic acids is 6. The Hall–Kier alpha value is -9.06. The summed E-state index contributed by atoms with van der Waals surface area (Å²) in [5.41, 5.74) is 11.7. The summed E-state index contributed by atoms with van der Waals surface area (Å²) >= 11 is 0. The van der Waals surface area contributed by atoms with E-state index in [1.807, 2.05) is 112 Å². The summed E-state index contributed by atoms with van der Waals surface area (Å²) in [7, 11) is 0. The summed E-state index contributed by atoms with van der Waals surface area (Å²) in [5, 5.41) is 0. The van der Waals surface area contributed by atoms with Gasteiger partial charge in [0, 0.05) is 117 Å². The molecule has 0 aliphatic heterocycles. The van der Waals surface area contributed by atoms with Crippen LogP contribution < -0.4 is 28.4 Å². The van der Waals surface area contributed by atoms with Crippen molar-refractivity contribution >= 4 is 35.4 Å². The van der Waals surface area contributed by atoms with Crippen molar-refractivity contribution in [2.75, 3.05) is 118 Å². The average Bonchev–Trinajstić information content (AvgIpc) is 0.755. The highest BCUT2D eigenvalue weighted by molar-refractivity contribution is 5.81. The molecule has 0 atom stereocenters. The second-order valence-electron chi connectivity index (χ2n) is 52.7. The largest absolute Gasteiger partial charge is 0.483 e. The summed E-state index contributed by atoms with van der Waals surface area (Å²) in [4.78, 5) is 103. The molecule has 0 saturated carbocycles. The minimum absolute atomic E-state index is 0.174. The van der Waals surface area contributed by atoms with Crippen LogP contribution in [0.4, 0.5) is 0 Å². The Morgan fingerprint density at radius 1 is 0.181 bits per heavy atom. The third-order valence-corrected chi connectivity index (χ3v) is 29.0. The first-order valence-electron chi connectivity index (χ1n) is 54.8. The van der Waals surface area contributed by atoms with Crippen molar-refractivity contribution in [3.05, 3.63) is 173 Å². The van der Waals surface area contributed by atoms with Gasteiger partial charge < -0.3 is 57.8 Å². The van der Waals surface area contributed by atoms with Crippen molar-refractivity contribution in [2.24, 2.45) is 32.5 Å². The minimum atomic E-state index is -0.520. The Morgan fingerprint density at radius 2 is 0.271 bits per heavy atom. The van der Waals surface area contributed by atoms with Crippen LogP contribution in [0.2, 0.25) is 0 Å². The van der Waals surface area contributed by atoms with Gasteiger partial charge in [0.15, 0.2) is 39.6 Å². The SMILES string of the molecule is CCN(CC)C(=O)COc1c2cc(C(C)(C)CC(C)(C)C)cc1Cc1cc(C(C)(C)CC(C)(C)C)cc(c1OCC(=O)N(CC)CC)Cc1cc(C(C)(C)CC(C)(C)C)cc(c1OCC(=O)N(CC)CC)Cc1cc(C(C)(C)CC(C)(C)C)cc(c1OCC(=O)N(CC)CC)Cc1cc(C(C)(C)CC(C)(C)C)cc(c1OCC(=O)N(CC)CC)Cc1cc(C(C)(C)CC(C)(C)C)cc(c1OCC(=O)N(CC)CC)C2. The van der Waals surface area contributed by atoms with Gasteiger partial charge >= 0.3 is 0 Å². The maximum Gasteiger partial charge on any atom is 0.260 e. The quantitative estimate of drug-likeness (QED) is 0.0354. The molecule has 144 heavy (non-hydrogen) atoms. The molecule has 6 aromatic rings. The zero-order valence-electron chi connectivity index (χ0n) is 98.7. The number of likely N-dealkylation sites (N-methyl/N-ethyl adjacent to an activating group) is 6. The third-order valence-electron chi connectivity index (χ3n) is 29.0. The fraction of sp³-hybridized carbons (Fsp3) is 0.667. The van der Waals surface area contributed by atoms with Crippen LogP contribution >= 0.6 is 0 Å². The number of nitrogens with zero attached hydrogens (tertiary/aromatic N) is 6. The second-order valence-corrected chi connectivity index (χ2v) is 52.7. The number of hydrogen-bond acceptors (Lipinski definition) is 12. The number of fused-ring (bicyclic) bond motifs is 12. The standard InChI is InChI=1S/C126H198N6O12/c1-43-127(44-2)103(133)73-139-109-85-55-87-63-98(122(33,34)80-116(16,17)18)65-89(110(87)140-74-104(134)128(45-3)46-4)57-91-67-100(124(37,38)82-118(22,23)24)69-93(112(91)142-76-106(136)130(49-7)50-8)59-95-71-102(126(41,42)84-120(28,29)30)72-96(114(95)144-78-108(138)132(53-11)54-12)60-94-70-101(125(39,40)83-119(25,26)27)68-92(113(94)143-77-107(137)131(51-9)52-10)58-90-66-99(123(35,36)81-117(19,20)21)64-88(111(90)141-75-105(135)129(47-5)48-6)56-86(109)62-97(61-85)121(31,32)79-115(13,14)15/h61-72H,43-60,73-84H2,1-42H3. The molecule has 7 rings (SSSR count). The number of benzene rings is 6. The molecule has 0 spiro atoms. The van der Waals surface area contributed by atoms with E-state index in [0.29, 0.717) is 113 Å². The van der Waals surface area contributed by atoms with Gasteiger partial charge in [0.05, 0.1) is 0 Å². The normalized spacial score (nSPS) is 13.5. The van der Waals surface area contributed by atoms with Crippen LogP contribution in [-0.4, -0.2) is 183 Å². The maximum atomic E-state index is 15.3. The van der Waals surface area contributed by atoms with Gasteiger partial charge in [-0.1, -0.05) is 281 Å². The predicted molar refractivity (Wildman–Crippen MR) is 599 cm³/mol. The van der Waals surface area contributed by atoms with Crippen LogP contribution in [0, 0.1) is 32.5 Å². The van der Waals surface area contributed by atoms with Crippen LogP contribution in [0.5, 0.6) is 34.5 Å². The summed E-state index contributed by atoms with van der Waals surface area (Å²) in [6.45, 7) is 97.1. The highest BCUT2D eigenvalue weighted by Crippen LogP contribution is 2.52. The number of rotatable bonds is 42. The Morgan fingerprint density at radius 3 is 0.347 bits per heavy atom. The van der Waals surface area contributed by atoms with Crippen molar-refractivity contribution < 1.29 is 57.2 Å². The maximum absolute atomic E-state index is 15.3. The van der Waals surface area contributed by atoms with E-state index in [1.165, 1.54) is 0 Å². The molecule has 12 bridgehead atoms. The Bertz CT molecular complexity index is 4350. The molecule has 0 aromatic heterocycles. The monoisotopic (exact) mass is 1990 g/mol. The van der Waals surface area contributed by atoms with Crippen LogP contribution in [0.3, 0.4) is 0 Å². The lowest BCUT2D eigenvalue weighted by Gasteiger charge is -2.36. The fourth-order valence-corrected chi connectivity index (χ4v) is 24.2. The molecule has 804 valence electrons. The molecular formula is C126H198N6O12. The van der Waals surface area contributed by atoms with E-state index in [2.05, 4.69) is 281 Å². The molecule has 18 heteroatoms. The molecular weight excluding hydrogens is 1790 g/mol. The molecule has 0 N–H and O–H groups in total. The molecule has 0 fully saturated rings. The molecule has 1 aliphatic rings. The van der Waals surface area contributed by atoms with Crippen LogP contribution in [0.15, 0.2) is 72.8 Å². The van der Waals surface area contributed by atoms with Crippen molar-refractivity contribution in [3.63, 3.8) is 0 Å². The molecule has 18 nitrogen and oxygen atoms in total. The summed E-state index contributed by atoms with van der Waals surface area (Å²) < 4.78 is 45.7. The van der Waals surface area contributed by atoms with Gasteiger partial charge in [-0.25, -0.2) is 0 Å². The number of carbonyl (C=O) groups is 6. The first kappa shape index (κ1) is 122. The van der Waals surface area contributed by atoms with Gasteiger partial charge in [0.1, 0.15) is 34.5 Å². The van der Waals surface area contributed by atoms with E-state index < -0.39 is 32.5 Å². The topological polar surface area (TPSA) is 177 Å². The summed E-state index contributed by atoms with van der Waals surface area (Å²) in [6.07, 6.45) is 5.75. The Balaban J connectivity index is 2.05. The van der Waals surface area contributed by atoms with Gasteiger partial charge in [-0.3, -0.25) is 28.8 Å². The van der Waals surface area contributed by atoms with Crippen molar-refractivity contribution in [1.82, 2.24) is 29.4 Å². The molecule has 0 heterocycles. The van der Waals surface area contributed by atoms with Gasteiger partial charge in [-0.05, 0) is 287 Å². The lowest BCUT2D eigenvalue weighted by molar-refractivity contribution is -0.133. The van der Waals surface area contributed by atoms with E-state index in [-0.39, 0.29) is 146 Å². The van der Waals surface area contributed by atoms with Crippen molar-refractivity contribution in [2.45, 2.75) is 400 Å². The van der Waals surface area contributed by atoms with E-state index in [4.69, 9.17) is 28.4 Å². The first-order chi connectivity index (χ1) is 66.4. The zero-order chi connectivity index (χ0) is 109. The van der Waals surface area contributed by atoms with Gasteiger partial charge in [0.2, 0.25) is 0 Å². The Kier molecular flexibility index (Phi) is 41.8. The average molecular weight is 1990 g/mol. The smallest absolute Gasteiger partial charge is 0.260 e. The molecule has 6 amide bonds. The van der Waals surface area contributed by atoms with Gasteiger partial charge in [-0.2, -0.15) is 0 Å². The molecule has 1 aliphatic carbocycles. The zero-order valence-corrected chi connectivity index (χ0v) is 98.7. The molecule has 0 unspecified atom stereocenters. The van der Waals surface area contributed by atoms with E-state index in [0.717, 1.165) is 139 Å². The van der Waals surface area contributed by atoms with E-state index in [9.17, 15) is 0 Å². The van der Waals surface area contributed by atoms with Gasteiger partial charge in [0.25, 0.3) is 35.4 Å². The number of ether oxygens (including phenoxy) is 6. The minimum Gasteiger partial charge on any atom is -0.483 e. The lowest BCUT2D eigenvalue weighted by atomic mass is 9.70. The summed E-state index contributed by atoms with van der Waals surface area (Å²) in [6, 6.07) is 27.8. The van der Waals surface area contributed by atoms with Crippen molar-refractivity contribution in [1.29, 1.82) is 0 Å². The van der Waals surface area contributed by atoms with Crippen LogP contribution in [0.1, 0.15) is 429 Å². The molecule has 6 aromatic carbocycles. The van der Waals surface area contributed by atoms with Crippen LogP contribution in [0.25, 0.3) is 0 Å². The lowest BCUT2D eigenvalue weighted by Crippen LogP contribution is -2.35. The van der Waals surface area contributed by atoms with E-state index >= 15 is 28.8 Å². The molecule has 0 radical (unpaired) electrons. The molecule has 0 saturated heterocycles. The first-order valence-corrected chi connectivity index (χ1v) is 54.8. The second kappa shape index (κ2) is 49.4. The predicted octanol–water partition coefficient (Wildman–Crippen LogP) is 27.3. The van der Waals surface area contributed by atoms with Gasteiger partial charge in [-0.15, -0.1) is 0 Å². The number of hydrogen-bond donors (Lipinski definition) is 0. The van der Waals surface area contributed by atoms with Crippen LogP contribution in [-0.2, 0) is 99.8 Å². The Labute approximate surface area is 875 Å².